The number of aromatic nitrogens is 1. The summed E-state index contributed by atoms with van der Waals surface area (Å²) < 4.78 is 2.13. The van der Waals surface area contributed by atoms with Gasteiger partial charge in [0.05, 0.1) is 11.0 Å². The molecule has 0 aliphatic heterocycles. The van der Waals surface area contributed by atoms with Crippen LogP contribution in [-0.2, 0) is 0 Å². The first-order chi connectivity index (χ1) is 11.3. The van der Waals surface area contributed by atoms with Gasteiger partial charge in [0, 0.05) is 17.0 Å². The minimum absolute atomic E-state index is 1.17. The van der Waals surface area contributed by atoms with Crippen molar-refractivity contribution in [1.29, 1.82) is 0 Å². The quantitative estimate of drug-likeness (QED) is 0.413. The van der Waals surface area contributed by atoms with Gasteiger partial charge >= 0.3 is 0 Å². The maximum absolute atomic E-state index is 3.87. The summed E-state index contributed by atoms with van der Waals surface area (Å²) in [5.41, 5.74) is 3.61. The van der Waals surface area contributed by atoms with Crippen LogP contribution in [0.15, 0.2) is 92.0 Å². The Morgan fingerprint density at radius 3 is 1.52 bits per heavy atom. The Kier molecular flexibility index (Phi) is 4.39. The van der Waals surface area contributed by atoms with Gasteiger partial charge in [0.25, 0.3) is 0 Å². The van der Waals surface area contributed by atoms with Crippen LogP contribution in [0, 0.1) is 0 Å². The zero-order valence-corrected chi connectivity index (χ0v) is 13.0. The Morgan fingerprint density at radius 1 is 0.609 bits per heavy atom. The number of para-hydroxylation sites is 2. The van der Waals surface area contributed by atoms with E-state index in [2.05, 4.69) is 66.3 Å². The van der Waals surface area contributed by atoms with Gasteiger partial charge in [-0.1, -0.05) is 86.0 Å². The summed E-state index contributed by atoms with van der Waals surface area (Å²) in [6.45, 7) is 7.50. The highest BCUT2D eigenvalue weighted by Gasteiger charge is 2.06. The second kappa shape index (κ2) is 6.80. The van der Waals surface area contributed by atoms with Gasteiger partial charge in [-0.2, -0.15) is 0 Å². The molecule has 23 heavy (non-hydrogen) atoms. The molecular formula is C22H19N. The van der Waals surface area contributed by atoms with Crippen molar-refractivity contribution < 1.29 is 0 Å². The van der Waals surface area contributed by atoms with Gasteiger partial charge in [-0.05, 0) is 17.7 Å². The largest absolute Gasteiger partial charge is 0.317 e. The highest BCUT2D eigenvalue weighted by molar-refractivity contribution is 6.09. The van der Waals surface area contributed by atoms with Gasteiger partial charge in [-0.25, -0.2) is 0 Å². The maximum Gasteiger partial charge on any atom is 0.0534 e. The smallest absolute Gasteiger partial charge is 0.0534 e. The number of nitrogens with zero attached hydrogens (tertiary/aromatic N) is 1. The van der Waals surface area contributed by atoms with Gasteiger partial charge < -0.3 is 4.57 Å². The highest BCUT2D eigenvalue weighted by Crippen LogP contribution is 2.28. The molecule has 0 atom stereocenters. The molecule has 112 valence electrons. The second-order valence-corrected chi connectivity index (χ2v) is 5.20. The number of hydrogen-bond donors (Lipinski definition) is 0. The van der Waals surface area contributed by atoms with E-state index in [-0.39, 0.29) is 0 Å². The third-order valence-corrected chi connectivity index (χ3v) is 3.84. The molecular weight excluding hydrogens is 278 g/mol. The maximum atomic E-state index is 3.87. The molecule has 0 fully saturated rings. The number of hydrogen-bond acceptors (Lipinski definition) is 0. The average molecular weight is 297 g/mol. The first-order valence-corrected chi connectivity index (χ1v) is 7.63. The lowest BCUT2D eigenvalue weighted by Crippen LogP contribution is -1.82. The first-order valence-electron chi connectivity index (χ1n) is 7.63. The van der Waals surface area contributed by atoms with Crippen LogP contribution < -0.4 is 0 Å². The van der Waals surface area contributed by atoms with Crippen LogP contribution in [0.3, 0.4) is 0 Å². The van der Waals surface area contributed by atoms with Crippen molar-refractivity contribution in [2.45, 2.75) is 0 Å². The zero-order valence-electron chi connectivity index (χ0n) is 13.0. The number of benzene rings is 3. The van der Waals surface area contributed by atoms with E-state index in [1.807, 2.05) is 42.6 Å². The Balaban J connectivity index is 0.000000166. The van der Waals surface area contributed by atoms with E-state index in [1.54, 1.807) is 0 Å². The van der Waals surface area contributed by atoms with Crippen molar-refractivity contribution in [3.63, 3.8) is 0 Å². The molecule has 1 nitrogen and oxygen atoms in total. The molecule has 4 aromatic rings. The molecule has 4 rings (SSSR count). The molecule has 0 N–H and O–H groups in total. The van der Waals surface area contributed by atoms with Crippen molar-refractivity contribution in [3.8, 4) is 0 Å². The van der Waals surface area contributed by atoms with E-state index < -0.39 is 0 Å². The molecule has 3 aromatic carbocycles. The molecule has 1 heterocycles. The van der Waals surface area contributed by atoms with Crippen LogP contribution in [0.25, 0.3) is 34.1 Å². The summed E-state index contributed by atoms with van der Waals surface area (Å²) in [5.74, 6) is 0. The fourth-order valence-electron chi connectivity index (χ4n) is 2.74. The molecule has 0 amide bonds. The monoisotopic (exact) mass is 297 g/mol. The molecule has 0 radical (unpaired) electrons. The molecule has 1 aromatic heterocycles. The lowest BCUT2D eigenvalue weighted by molar-refractivity contribution is 1.30. The Hall–Kier alpha value is -3.06. The third-order valence-electron chi connectivity index (χ3n) is 3.84. The van der Waals surface area contributed by atoms with Crippen LogP contribution in [0.1, 0.15) is 5.56 Å². The number of fused-ring (bicyclic) bond motifs is 3. The van der Waals surface area contributed by atoms with E-state index in [9.17, 15) is 0 Å². The predicted molar refractivity (Wildman–Crippen MR) is 102 cm³/mol. The van der Waals surface area contributed by atoms with Crippen molar-refractivity contribution >= 4 is 34.1 Å². The summed E-state index contributed by atoms with van der Waals surface area (Å²) in [7, 11) is 0. The Bertz CT molecular complexity index is 892. The average Bonchev–Trinajstić information content (AvgIpc) is 2.97. The molecule has 0 aliphatic rings. The van der Waals surface area contributed by atoms with E-state index in [0.29, 0.717) is 0 Å². The van der Waals surface area contributed by atoms with Gasteiger partial charge in [-0.15, -0.1) is 0 Å². The highest BCUT2D eigenvalue weighted by atomic mass is 14.9. The van der Waals surface area contributed by atoms with Crippen LogP contribution in [0.5, 0.6) is 0 Å². The van der Waals surface area contributed by atoms with Gasteiger partial charge in [0.2, 0.25) is 0 Å². The van der Waals surface area contributed by atoms with Crippen LogP contribution >= 0.6 is 0 Å². The fraction of sp³-hybridized carbons (Fsp3) is 0. The standard InChI is InChI=1S/C14H11N.C8H8/c1-2-15-13-9-5-3-7-11(13)12-8-4-6-10-14(12)15;1-2-8-6-4-3-5-7-8/h2-10H,1H2;2-7H,1H2. The van der Waals surface area contributed by atoms with E-state index in [4.69, 9.17) is 0 Å². The van der Waals surface area contributed by atoms with Crippen molar-refractivity contribution in [2.24, 2.45) is 0 Å². The second-order valence-electron chi connectivity index (χ2n) is 5.20. The summed E-state index contributed by atoms with van der Waals surface area (Å²) >= 11 is 0. The minimum atomic E-state index is 1.17. The summed E-state index contributed by atoms with van der Waals surface area (Å²) in [5, 5.41) is 2.57. The SMILES string of the molecule is C=Cc1ccccc1.C=Cn1c2ccccc2c2ccccc21. The summed E-state index contributed by atoms with van der Waals surface area (Å²) in [4.78, 5) is 0. The van der Waals surface area contributed by atoms with Crippen LogP contribution in [0.2, 0.25) is 0 Å². The molecule has 0 spiro atoms. The summed E-state index contributed by atoms with van der Waals surface area (Å²) in [6.07, 6.45) is 3.70. The van der Waals surface area contributed by atoms with Gasteiger partial charge in [0.1, 0.15) is 0 Å². The lowest BCUT2D eigenvalue weighted by atomic mass is 10.2. The van der Waals surface area contributed by atoms with Gasteiger partial charge in [0.15, 0.2) is 0 Å². The third kappa shape index (κ3) is 2.95. The van der Waals surface area contributed by atoms with Crippen molar-refractivity contribution in [1.82, 2.24) is 4.57 Å². The molecule has 0 saturated heterocycles. The zero-order chi connectivity index (χ0) is 16.1. The fourth-order valence-corrected chi connectivity index (χ4v) is 2.74. The molecule has 0 aliphatic carbocycles. The van der Waals surface area contributed by atoms with E-state index >= 15 is 0 Å². The van der Waals surface area contributed by atoms with Crippen molar-refractivity contribution in [2.75, 3.05) is 0 Å². The lowest BCUT2D eigenvalue weighted by Gasteiger charge is -1.97. The van der Waals surface area contributed by atoms with E-state index in [1.165, 1.54) is 27.4 Å². The van der Waals surface area contributed by atoms with Crippen molar-refractivity contribution in [3.05, 3.63) is 97.6 Å². The van der Waals surface area contributed by atoms with Crippen LogP contribution in [0.4, 0.5) is 0 Å². The first kappa shape index (κ1) is 14.9. The molecule has 1 heteroatoms. The van der Waals surface area contributed by atoms with E-state index in [0.717, 1.165) is 0 Å². The Labute approximate surface area is 136 Å². The Morgan fingerprint density at radius 2 is 1.09 bits per heavy atom. The predicted octanol–water partition coefficient (Wildman–Crippen LogP) is 6.22. The molecule has 0 saturated carbocycles. The molecule has 0 bridgehead atoms. The van der Waals surface area contributed by atoms with Gasteiger partial charge in [-0.3, -0.25) is 0 Å². The number of rotatable bonds is 2. The summed E-state index contributed by atoms with van der Waals surface area (Å²) in [6, 6.07) is 26.8. The molecule has 0 unspecified atom stereocenters. The topological polar surface area (TPSA) is 4.93 Å². The minimum Gasteiger partial charge on any atom is -0.317 e. The van der Waals surface area contributed by atoms with Crippen LogP contribution in [-0.4, -0.2) is 4.57 Å². The normalized spacial score (nSPS) is 10.1.